The number of nitrogens with two attached hydrogens (primary N) is 3. The maximum Gasteiger partial charge on any atom is 0.326 e. The number of guanidine groups is 1. The zero-order chi connectivity index (χ0) is 27.3. The van der Waals surface area contributed by atoms with Crippen LogP contribution in [0.5, 0.6) is 5.75 Å². The van der Waals surface area contributed by atoms with Crippen molar-refractivity contribution in [3.63, 3.8) is 0 Å². The Hall–Kier alpha value is -3.56. The molecule has 0 saturated carbocycles. The van der Waals surface area contributed by atoms with Gasteiger partial charge in [0.15, 0.2) is 5.96 Å². The second-order valence-electron chi connectivity index (χ2n) is 7.81. The van der Waals surface area contributed by atoms with Gasteiger partial charge < -0.3 is 48.5 Å². The molecule has 3 amide bonds. The molecule has 4 unspecified atom stereocenters. The van der Waals surface area contributed by atoms with Crippen LogP contribution in [0.15, 0.2) is 29.3 Å². The van der Waals surface area contributed by atoms with E-state index < -0.39 is 54.5 Å². The topological polar surface area (TPSA) is 255 Å². The minimum Gasteiger partial charge on any atom is -0.508 e. The lowest BCUT2D eigenvalue weighted by molar-refractivity contribution is -0.142. The first kappa shape index (κ1) is 30.5. The van der Waals surface area contributed by atoms with Crippen molar-refractivity contribution in [2.24, 2.45) is 22.2 Å². The number of aliphatic hydroxyl groups excluding tert-OH is 1. The van der Waals surface area contributed by atoms with E-state index in [0.717, 1.165) is 0 Å². The Morgan fingerprint density at radius 3 is 2.03 bits per heavy atom. The van der Waals surface area contributed by atoms with E-state index in [1.54, 1.807) is 0 Å². The number of amides is 3. The van der Waals surface area contributed by atoms with Crippen molar-refractivity contribution in [3.8, 4) is 5.75 Å². The monoisotopic (exact) mass is 527 g/mol. The second kappa shape index (κ2) is 15.4. The third-order valence-electron chi connectivity index (χ3n) is 4.92. The SMILES string of the molecule is NC(N)=NCCCC(NC(=O)C(CO)NC(=O)C(Cc1ccc(O)cc1)NC(=O)C(N)CS)C(=O)O. The number of aliphatic imine (C=N–C) groups is 1. The van der Waals surface area contributed by atoms with Crippen molar-refractivity contribution < 1.29 is 34.5 Å². The lowest BCUT2D eigenvalue weighted by Gasteiger charge is -2.24. The van der Waals surface area contributed by atoms with Crippen LogP contribution in [0.1, 0.15) is 18.4 Å². The number of aliphatic carboxylic acids is 1. The van der Waals surface area contributed by atoms with Crippen molar-refractivity contribution in [2.45, 2.75) is 43.4 Å². The minimum absolute atomic E-state index is 0.00387. The predicted octanol–water partition coefficient (Wildman–Crippen LogP) is -3.22. The standard InChI is InChI=1S/C21H33N7O7S/c22-13(10-36)17(31)27-15(8-11-3-5-12(30)6-4-11)18(32)28-16(9-29)19(33)26-14(20(34)35)2-1-7-25-21(23)24/h3-6,13-16,29-30,36H,1-2,7-10,22H2,(H,26,33)(H,27,31)(H,28,32)(H,34,35)(H4,23,24,25). The number of rotatable bonds is 15. The zero-order valence-electron chi connectivity index (χ0n) is 19.5. The molecule has 0 fully saturated rings. The Morgan fingerprint density at radius 2 is 1.50 bits per heavy atom. The summed E-state index contributed by atoms with van der Waals surface area (Å²) in [5, 5.41) is 35.6. The average Bonchev–Trinajstić information content (AvgIpc) is 2.83. The lowest BCUT2D eigenvalue weighted by Crippen LogP contribution is -2.58. The van der Waals surface area contributed by atoms with Crippen molar-refractivity contribution in [3.05, 3.63) is 29.8 Å². The van der Waals surface area contributed by atoms with E-state index in [1.807, 2.05) is 0 Å². The number of carboxylic acids is 1. The van der Waals surface area contributed by atoms with Gasteiger partial charge in [0.05, 0.1) is 12.6 Å². The fourth-order valence-electron chi connectivity index (χ4n) is 2.94. The molecule has 0 radical (unpaired) electrons. The molecule has 4 atom stereocenters. The highest BCUT2D eigenvalue weighted by atomic mass is 32.1. The average molecular weight is 528 g/mol. The summed E-state index contributed by atoms with van der Waals surface area (Å²) in [7, 11) is 0. The van der Waals surface area contributed by atoms with Crippen molar-refractivity contribution in [2.75, 3.05) is 18.9 Å². The number of carbonyl (C=O) groups is 4. The molecule has 1 aromatic rings. The number of carbonyl (C=O) groups excluding carboxylic acids is 3. The number of nitrogens with one attached hydrogen (secondary N) is 3. The Bertz CT molecular complexity index is 926. The number of hydrogen-bond acceptors (Lipinski definition) is 9. The molecule has 0 aliphatic carbocycles. The highest BCUT2D eigenvalue weighted by molar-refractivity contribution is 7.80. The number of phenols is 1. The Balaban J connectivity index is 2.92. The molecule has 0 bridgehead atoms. The summed E-state index contributed by atoms with van der Waals surface area (Å²) >= 11 is 3.96. The fourth-order valence-corrected chi connectivity index (χ4v) is 3.10. The first-order valence-electron chi connectivity index (χ1n) is 10.9. The summed E-state index contributed by atoms with van der Waals surface area (Å²) in [5.74, 6) is -3.89. The predicted molar refractivity (Wildman–Crippen MR) is 134 cm³/mol. The number of nitrogens with zero attached hydrogens (tertiary/aromatic N) is 1. The molecule has 0 heterocycles. The van der Waals surface area contributed by atoms with Crippen molar-refractivity contribution >= 4 is 42.3 Å². The first-order valence-corrected chi connectivity index (χ1v) is 11.6. The number of carboxylic acid groups (broad SMARTS) is 1. The highest BCUT2D eigenvalue weighted by Gasteiger charge is 2.30. The van der Waals surface area contributed by atoms with Gasteiger partial charge in [0.2, 0.25) is 17.7 Å². The van der Waals surface area contributed by atoms with Gasteiger partial charge in [0.1, 0.15) is 23.9 Å². The van der Waals surface area contributed by atoms with Crippen LogP contribution in [0.3, 0.4) is 0 Å². The summed E-state index contributed by atoms with van der Waals surface area (Å²) < 4.78 is 0. The Labute approximate surface area is 213 Å². The molecule has 0 aliphatic rings. The van der Waals surface area contributed by atoms with Gasteiger partial charge in [-0.25, -0.2) is 4.79 Å². The van der Waals surface area contributed by atoms with Gasteiger partial charge in [-0.1, -0.05) is 12.1 Å². The Kier molecular flexibility index (Phi) is 13.1. The molecule has 15 heteroatoms. The number of benzene rings is 1. The smallest absolute Gasteiger partial charge is 0.326 e. The van der Waals surface area contributed by atoms with Crippen LogP contribution in [-0.4, -0.2) is 88.0 Å². The molecule has 1 rings (SSSR count). The number of hydrogen-bond donors (Lipinski definition) is 10. The van der Waals surface area contributed by atoms with Crippen LogP contribution in [0, 0.1) is 0 Å². The number of thiol groups is 1. The van der Waals surface area contributed by atoms with E-state index >= 15 is 0 Å². The van der Waals surface area contributed by atoms with Crippen LogP contribution >= 0.6 is 12.6 Å². The van der Waals surface area contributed by atoms with E-state index in [1.165, 1.54) is 24.3 Å². The molecule has 1 aromatic carbocycles. The number of phenolic OH excluding ortho intramolecular Hbond substituents is 1. The third-order valence-corrected chi connectivity index (χ3v) is 5.31. The van der Waals surface area contributed by atoms with Crippen LogP contribution in [0.2, 0.25) is 0 Å². The van der Waals surface area contributed by atoms with Gasteiger partial charge in [-0.05, 0) is 30.5 Å². The molecule has 14 nitrogen and oxygen atoms in total. The van der Waals surface area contributed by atoms with Crippen LogP contribution < -0.4 is 33.2 Å². The zero-order valence-corrected chi connectivity index (χ0v) is 20.4. The summed E-state index contributed by atoms with van der Waals surface area (Å²) in [6, 6.07) is 0.838. The molecular weight excluding hydrogens is 494 g/mol. The first-order chi connectivity index (χ1) is 17.0. The van der Waals surface area contributed by atoms with Crippen molar-refractivity contribution in [1.82, 2.24) is 16.0 Å². The minimum atomic E-state index is -1.50. The molecule has 0 saturated heterocycles. The highest BCUT2D eigenvalue weighted by Crippen LogP contribution is 2.12. The van der Waals surface area contributed by atoms with E-state index in [2.05, 4.69) is 33.6 Å². The van der Waals surface area contributed by atoms with Crippen LogP contribution in [-0.2, 0) is 25.6 Å². The molecule has 36 heavy (non-hydrogen) atoms. The molecule has 200 valence electrons. The van der Waals surface area contributed by atoms with Gasteiger partial charge in [0.25, 0.3) is 0 Å². The van der Waals surface area contributed by atoms with Gasteiger partial charge >= 0.3 is 5.97 Å². The van der Waals surface area contributed by atoms with E-state index in [-0.39, 0.29) is 43.3 Å². The molecule has 12 N–H and O–H groups in total. The third kappa shape index (κ3) is 10.8. The van der Waals surface area contributed by atoms with Gasteiger partial charge in [0, 0.05) is 18.7 Å². The van der Waals surface area contributed by atoms with Crippen LogP contribution in [0.25, 0.3) is 0 Å². The van der Waals surface area contributed by atoms with E-state index in [9.17, 15) is 34.5 Å². The quantitative estimate of drug-likeness (QED) is 0.0472. The maximum absolute atomic E-state index is 12.9. The van der Waals surface area contributed by atoms with E-state index in [0.29, 0.717) is 5.56 Å². The summed E-state index contributed by atoms with van der Waals surface area (Å²) in [5.41, 5.74) is 16.7. The van der Waals surface area contributed by atoms with Gasteiger partial charge in [-0.3, -0.25) is 19.4 Å². The molecular formula is C21H33N7O7S. The largest absolute Gasteiger partial charge is 0.508 e. The molecule has 0 aliphatic heterocycles. The van der Waals surface area contributed by atoms with Gasteiger partial charge in [-0.15, -0.1) is 0 Å². The summed E-state index contributed by atoms with van der Waals surface area (Å²) in [4.78, 5) is 53.1. The number of aliphatic hydroxyl groups is 1. The van der Waals surface area contributed by atoms with Gasteiger partial charge in [-0.2, -0.15) is 12.6 Å². The molecule has 0 spiro atoms. The lowest BCUT2D eigenvalue weighted by atomic mass is 10.0. The molecule has 0 aromatic heterocycles. The normalized spacial score (nSPS) is 14.0. The maximum atomic E-state index is 12.9. The fraction of sp³-hybridized carbons (Fsp3) is 0.476. The number of aromatic hydroxyl groups is 1. The Morgan fingerprint density at radius 1 is 0.944 bits per heavy atom. The second-order valence-corrected chi connectivity index (χ2v) is 8.18. The van der Waals surface area contributed by atoms with E-state index in [4.69, 9.17) is 17.2 Å². The summed E-state index contributed by atoms with van der Waals surface area (Å²) in [6.45, 7) is -0.691. The van der Waals surface area contributed by atoms with Crippen LogP contribution in [0.4, 0.5) is 0 Å². The summed E-state index contributed by atoms with van der Waals surface area (Å²) in [6.07, 6.45) is 0.210. The van der Waals surface area contributed by atoms with Crippen molar-refractivity contribution in [1.29, 1.82) is 0 Å².